The number of benzene rings is 3. The zero-order valence-electron chi connectivity index (χ0n) is 20.6. The molecule has 1 aliphatic rings. The number of nitrogens with one attached hydrogen (secondary N) is 2. The Morgan fingerprint density at radius 1 is 1.03 bits per heavy atom. The molecular formula is C29H30N4O2. The molecule has 1 aromatic heterocycles. The van der Waals surface area contributed by atoms with Gasteiger partial charge in [-0.2, -0.15) is 0 Å². The number of aromatic nitrogens is 2. The summed E-state index contributed by atoms with van der Waals surface area (Å²) in [4.78, 5) is 21.9. The maximum Gasteiger partial charge on any atom is 0.255 e. The first-order valence-corrected chi connectivity index (χ1v) is 12.1. The van der Waals surface area contributed by atoms with Crippen LogP contribution in [0.25, 0.3) is 22.0 Å². The van der Waals surface area contributed by atoms with Crippen molar-refractivity contribution in [2.45, 2.75) is 39.7 Å². The number of amides is 1. The molecule has 0 radical (unpaired) electrons. The molecule has 2 N–H and O–H groups in total. The number of hydrogen-bond donors (Lipinski definition) is 2. The predicted molar refractivity (Wildman–Crippen MR) is 141 cm³/mol. The van der Waals surface area contributed by atoms with Crippen molar-refractivity contribution in [1.29, 1.82) is 0 Å². The van der Waals surface area contributed by atoms with Crippen molar-refractivity contribution in [3.63, 3.8) is 0 Å². The van der Waals surface area contributed by atoms with E-state index in [1.165, 1.54) is 12.8 Å². The number of anilines is 2. The summed E-state index contributed by atoms with van der Waals surface area (Å²) in [7, 11) is 1.80. The van der Waals surface area contributed by atoms with Gasteiger partial charge in [-0.05, 0) is 104 Å². The van der Waals surface area contributed by atoms with Gasteiger partial charge in [0.1, 0.15) is 5.75 Å². The summed E-state index contributed by atoms with van der Waals surface area (Å²) in [6.45, 7) is 6.19. The number of aryl methyl sites for hydroxylation is 2. The summed E-state index contributed by atoms with van der Waals surface area (Å²) in [5.41, 5.74) is 6.36. The van der Waals surface area contributed by atoms with Crippen LogP contribution in [0.5, 0.6) is 5.75 Å². The molecule has 1 fully saturated rings. The van der Waals surface area contributed by atoms with Gasteiger partial charge < -0.3 is 15.4 Å². The summed E-state index contributed by atoms with van der Waals surface area (Å²) in [6, 6.07) is 17.7. The van der Waals surface area contributed by atoms with Gasteiger partial charge in [-0.25, -0.2) is 9.97 Å². The second-order valence-electron chi connectivity index (χ2n) is 9.34. The van der Waals surface area contributed by atoms with Gasteiger partial charge in [0.05, 0.1) is 11.6 Å². The molecular weight excluding hydrogens is 436 g/mol. The molecule has 178 valence electrons. The van der Waals surface area contributed by atoms with E-state index in [9.17, 15) is 4.79 Å². The van der Waals surface area contributed by atoms with Crippen LogP contribution in [0.3, 0.4) is 0 Å². The summed E-state index contributed by atoms with van der Waals surface area (Å²) in [5, 5.41) is 6.94. The molecule has 0 saturated heterocycles. The van der Waals surface area contributed by atoms with Crippen molar-refractivity contribution in [3.05, 3.63) is 77.5 Å². The third-order valence-corrected chi connectivity index (χ3v) is 6.65. The van der Waals surface area contributed by atoms with E-state index < -0.39 is 0 Å². The van der Waals surface area contributed by atoms with Crippen molar-refractivity contribution in [2.24, 2.45) is 5.92 Å². The first kappa shape index (κ1) is 22.8. The number of ether oxygens (including phenoxy) is 1. The fraction of sp³-hybridized carbons (Fsp3) is 0.276. The van der Waals surface area contributed by atoms with Crippen molar-refractivity contribution in [1.82, 2.24) is 9.97 Å². The van der Waals surface area contributed by atoms with E-state index in [0.29, 0.717) is 17.4 Å². The highest BCUT2D eigenvalue weighted by Gasteiger charge is 2.29. The molecule has 1 amide bonds. The van der Waals surface area contributed by atoms with E-state index in [0.717, 1.165) is 44.6 Å². The van der Waals surface area contributed by atoms with Crippen LogP contribution in [0.2, 0.25) is 0 Å². The molecule has 5 rings (SSSR count). The molecule has 1 aliphatic carbocycles. The fourth-order valence-electron chi connectivity index (χ4n) is 4.32. The lowest BCUT2D eigenvalue weighted by atomic mass is 9.97. The number of carbonyl (C=O) groups is 1. The number of carbonyl (C=O) groups excluding carboxylic acids is 1. The summed E-state index contributed by atoms with van der Waals surface area (Å²) >= 11 is 0. The molecule has 0 aliphatic heterocycles. The highest BCUT2D eigenvalue weighted by molar-refractivity contribution is 6.05. The average Bonchev–Trinajstić information content (AvgIpc) is 3.71. The Morgan fingerprint density at radius 3 is 2.60 bits per heavy atom. The Morgan fingerprint density at radius 2 is 1.86 bits per heavy atom. The molecule has 6 heteroatoms. The fourth-order valence-corrected chi connectivity index (χ4v) is 4.32. The Balaban J connectivity index is 1.36. The van der Waals surface area contributed by atoms with E-state index in [1.54, 1.807) is 7.05 Å². The normalized spacial score (nSPS) is 13.9. The second-order valence-corrected chi connectivity index (χ2v) is 9.34. The molecule has 4 aromatic rings. The maximum atomic E-state index is 13.1. The Labute approximate surface area is 205 Å². The lowest BCUT2D eigenvalue weighted by molar-refractivity contribution is 0.102. The minimum Gasteiger partial charge on any atom is -0.490 e. The number of rotatable bonds is 7. The SMILES string of the molecule is CNc1ncc2cc(-c3cc(C(=O)Nc4ccc(OC(C)C5CC5)c(C)c4)ccc3C)ccc2n1. The second kappa shape index (κ2) is 9.37. The van der Waals surface area contributed by atoms with Gasteiger partial charge in [0, 0.05) is 29.9 Å². The van der Waals surface area contributed by atoms with E-state index in [-0.39, 0.29) is 12.0 Å². The summed E-state index contributed by atoms with van der Waals surface area (Å²) < 4.78 is 6.11. The molecule has 1 unspecified atom stereocenters. The zero-order valence-corrected chi connectivity index (χ0v) is 20.6. The minimum absolute atomic E-state index is 0.145. The Bertz CT molecular complexity index is 1410. The Hall–Kier alpha value is -3.93. The van der Waals surface area contributed by atoms with Crippen LogP contribution < -0.4 is 15.4 Å². The van der Waals surface area contributed by atoms with Crippen LogP contribution in [0, 0.1) is 19.8 Å². The van der Waals surface area contributed by atoms with Crippen molar-refractivity contribution in [2.75, 3.05) is 17.7 Å². The quantitative estimate of drug-likeness (QED) is 0.330. The molecule has 3 aromatic carbocycles. The Kier molecular flexibility index (Phi) is 6.12. The van der Waals surface area contributed by atoms with Crippen molar-refractivity contribution >= 4 is 28.4 Å². The molecule has 0 spiro atoms. The van der Waals surface area contributed by atoms with Crippen LogP contribution in [0.4, 0.5) is 11.6 Å². The topological polar surface area (TPSA) is 76.1 Å². The van der Waals surface area contributed by atoms with Crippen LogP contribution in [-0.4, -0.2) is 29.0 Å². The number of hydrogen-bond acceptors (Lipinski definition) is 5. The molecule has 35 heavy (non-hydrogen) atoms. The van der Waals surface area contributed by atoms with E-state index >= 15 is 0 Å². The van der Waals surface area contributed by atoms with E-state index in [1.807, 2.05) is 68.6 Å². The van der Waals surface area contributed by atoms with Crippen molar-refractivity contribution in [3.8, 4) is 16.9 Å². The highest BCUT2D eigenvalue weighted by atomic mass is 16.5. The highest BCUT2D eigenvalue weighted by Crippen LogP contribution is 2.35. The predicted octanol–water partition coefficient (Wildman–Crippen LogP) is 6.38. The monoisotopic (exact) mass is 466 g/mol. The van der Waals surface area contributed by atoms with Gasteiger partial charge in [-0.15, -0.1) is 0 Å². The van der Waals surface area contributed by atoms with E-state index in [2.05, 4.69) is 33.6 Å². The van der Waals surface area contributed by atoms with Crippen molar-refractivity contribution < 1.29 is 9.53 Å². The van der Waals surface area contributed by atoms with Crippen LogP contribution in [0.1, 0.15) is 41.3 Å². The lowest BCUT2D eigenvalue weighted by Crippen LogP contribution is -2.15. The summed E-state index contributed by atoms with van der Waals surface area (Å²) in [6.07, 6.45) is 4.53. The zero-order chi connectivity index (χ0) is 24.5. The van der Waals surface area contributed by atoms with Gasteiger partial charge in [0.2, 0.25) is 5.95 Å². The molecule has 1 atom stereocenters. The smallest absolute Gasteiger partial charge is 0.255 e. The third-order valence-electron chi connectivity index (χ3n) is 6.65. The van der Waals surface area contributed by atoms with Gasteiger partial charge in [0.15, 0.2) is 0 Å². The van der Waals surface area contributed by atoms with Gasteiger partial charge in [0.25, 0.3) is 5.91 Å². The minimum atomic E-state index is -0.145. The molecule has 1 saturated carbocycles. The van der Waals surface area contributed by atoms with Crippen LogP contribution >= 0.6 is 0 Å². The average molecular weight is 467 g/mol. The first-order chi connectivity index (χ1) is 16.9. The standard InChI is InChI=1S/C29H30N4O2/c1-17-5-6-22(15-25(17)21-9-11-26-23(14-21)16-31-29(30-4)33-26)28(34)32-24-10-12-27(18(2)13-24)35-19(3)20-7-8-20/h5-6,9-16,19-20H,7-8H2,1-4H3,(H,32,34)(H,30,31,33). The lowest BCUT2D eigenvalue weighted by Gasteiger charge is -2.17. The maximum absolute atomic E-state index is 13.1. The first-order valence-electron chi connectivity index (χ1n) is 12.1. The molecule has 6 nitrogen and oxygen atoms in total. The van der Waals surface area contributed by atoms with Crippen LogP contribution in [0.15, 0.2) is 60.8 Å². The van der Waals surface area contributed by atoms with Crippen LogP contribution in [-0.2, 0) is 0 Å². The van der Waals surface area contributed by atoms with Gasteiger partial charge >= 0.3 is 0 Å². The summed E-state index contributed by atoms with van der Waals surface area (Å²) in [5.74, 6) is 1.99. The number of nitrogens with zero attached hydrogens (tertiary/aromatic N) is 2. The van der Waals surface area contributed by atoms with Gasteiger partial charge in [-0.1, -0.05) is 12.1 Å². The molecule has 1 heterocycles. The largest absolute Gasteiger partial charge is 0.490 e. The molecule has 0 bridgehead atoms. The third kappa shape index (κ3) is 4.97. The van der Waals surface area contributed by atoms with Gasteiger partial charge in [-0.3, -0.25) is 4.79 Å². The van der Waals surface area contributed by atoms with E-state index in [4.69, 9.17) is 4.74 Å². The number of fused-ring (bicyclic) bond motifs is 1.